The Morgan fingerprint density at radius 2 is 1.96 bits per heavy atom. The summed E-state index contributed by atoms with van der Waals surface area (Å²) in [7, 11) is 0. The van der Waals surface area contributed by atoms with Crippen molar-refractivity contribution in [2.45, 2.75) is 31.4 Å². The van der Waals surface area contributed by atoms with Crippen LogP contribution in [0.25, 0.3) is 10.9 Å². The van der Waals surface area contributed by atoms with Gasteiger partial charge in [-0.05, 0) is 25.3 Å². The fraction of sp³-hybridized carbons (Fsp3) is 0.412. The van der Waals surface area contributed by atoms with Crippen molar-refractivity contribution in [3.63, 3.8) is 0 Å². The van der Waals surface area contributed by atoms with Crippen molar-refractivity contribution in [2.24, 2.45) is 0 Å². The number of benzene rings is 1. The van der Waals surface area contributed by atoms with Gasteiger partial charge in [0, 0.05) is 25.3 Å². The van der Waals surface area contributed by atoms with Crippen LogP contribution < -0.4 is 10.3 Å². The van der Waals surface area contributed by atoms with Crippen LogP contribution in [0.4, 0.5) is 14.5 Å². The molecule has 1 aliphatic carbocycles. The molecule has 2 aliphatic rings. The third-order valence-electron chi connectivity index (χ3n) is 4.83. The molecule has 132 valence electrons. The van der Waals surface area contributed by atoms with Crippen molar-refractivity contribution in [2.75, 3.05) is 18.0 Å². The normalized spacial score (nSPS) is 20.4. The number of fused-ring (bicyclic) bond motifs is 1. The molecule has 1 aliphatic heterocycles. The van der Waals surface area contributed by atoms with E-state index in [1.54, 1.807) is 0 Å². The highest BCUT2D eigenvalue weighted by molar-refractivity contribution is 5.94. The number of carboxylic acids is 1. The van der Waals surface area contributed by atoms with Gasteiger partial charge in [-0.25, -0.2) is 13.6 Å². The average Bonchev–Trinajstić information content (AvgIpc) is 3.30. The summed E-state index contributed by atoms with van der Waals surface area (Å²) in [5.74, 6) is -3.24. The molecule has 0 bridgehead atoms. The molecule has 1 saturated heterocycles. The molecule has 8 heteroatoms. The lowest BCUT2D eigenvalue weighted by Crippen LogP contribution is -2.25. The molecule has 6 nitrogen and oxygen atoms in total. The summed E-state index contributed by atoms with van der Waals surface area (Å²) in [6.45, 7) is 0.418. The molecule has 2 fully saturated rings. The number of hydrogen-bond donors (Lipinski definition) is 2. The van der Waals surface area contributed by atoms with E-state index in [2.05, 4.69) is 0 Å². The number of aliphatic hydroxyl groups is 1. The Labute approximate surface area is 140 Å². The molecular formula is C17H16F2N2O4. The number of aromatic carboxylic acids is 1. The van der Waals surface area contributed by atoms with E-state index in [1.165, 1.54) is 9.47 Å². The number of halogens is 2. The Kier molecular flexibility index (Phi) is 3.54. The van der Waals surface area contributed by atoms with Crippen LogP contribution in [0.2, 0.25) is 0 Å². The molecule has 0 radical (unpaired) electrons. The maximum Gasteiger partial charge on any atom is 0.341 e. The number of aromatic nitrogens is 1. The largest absolute Gasteiger partial charge is 0.477 e. The summed E-state index contributed by atoms with van der Waals surface area (Å²) in [6.07, 6.45) is 2.38. The molecule has 1 saturated carbocycles. The number of rotatable bonds is 3. The van der Waals surface area contributed by atoms with Crippen molar-refractivity contribution >= 4 is 22.6 Å². The fourth-order valence-corrected chi connectivity index (χ4v) is 3.46. The van der Waals surface area contributed by atoms with Gasteiger partial charge in [-0.2, -0.15) is 0 Å². The number of β-amino-alcohol motifs (C(OH)–C–C–N with tert-alkyl or cyclic N) is 1. The van der Waals surface area contributed by atoms with Crippen molar-refractivity contribution in [3.05, 3.63) is 39.7 Å². The molecule has 2 aromatic rings. The quantitative estimate of drug-likeness (QED) is 0.883. The molecule has 0 spiro atoms. The molecule has 1 aromatic carbocycles. The van der Waals surface area contributed by atoms with Crippen LogP contribution in [-0.2, 0) is 0 Å². The summed E-state index contributed by atoms with van der Waals surface area (Å²) < 4.78 is 31.2. The highest BCUT2D eigenvalue weighted by Crippen LogP contribution is 2.40. The monoisotopic (exact) mass is 350 g/mol. The number of aliphatic hydroxyl groups excluding tert-OH is 1. The molecule has 4 rings (SSSR count). The Morgan fingerprint density at radius 1 is 1.24 bits per heavy atom. The minimum absolute atomic E-state index is 0.0738. The maximum atomic E-state index is 15.2. The van der Waals surface area contributed by atoms with Gasteiger partial charge < -0.3 is 19.7 Å². The fourth-order valence-electron chi connectivity index (χ4n) is 3.46. The van der Waals surface area contributed by atoms with Crippen LogP contribution in [0, 0.1) is 11.6 Å². The van der Waals surface area contributed by atoms with Crippen LogP contribution in [0.3, 0.4) is 0 Å². The summed E-state index contributed by atoms with van der Waals surface area (Å²) in [5, 5.41) is 18.6. The lowest BCUT2D eigenvalue weighted by atomic mass is 10.1. The standard InChI is InChI=1S/C17H16F2N2O4/c18-12-5-10-14(13(19)15(12)20-4-3-9(22)6-20)21(8-1-2-8)7-11(16(10)23)17(24)25/h5,7-9,22H,1-4,6H2,(H,24,25). The first-order chi connectivity index (χ1) is 11.9. The molecule has 25 heavy (non-hydrogen) atoms. The van der Waals surface area contributed by atoms with E-state index in [9.17, 15) is 24.2 Å². The number of nitrogens with zero attached hydrogens (tertiary/aromatic N) is 2. The van der Waals surface area contributed by atoms with E-state index < -0.39 is 34.7 Å². The second kappa shape index (κ2) is 5.52. The van der Waals surface area contributed by atoms with Gasteiger partial charge in [0.2, 0.25) is 5.43 Å². The predicted octanol–water partition coefficient (Wildman–Crippen LogP) is 1.88. The first kappa shape index (κ1) is 16.0. The average molecular weight is 350 g/mol. The van der Waals surface area contributed by atoms with Gasteiger partial charge in [0.15, 0.2) is 5.82 Å². The molecule has 1 aromatic heterocycles. The first-order valence-corrected chi connectivity index (χ1v) is 8.11. The lowest BCUT2D eigenvalue weighted by Gasteiger charge is -2.22. The van der Waals surface area contributed by atoms with Crippen molar-refractivity contribution < 1.29 is 23.8 Å². The Bertz CT molecular complexity index is 952. The summed E-state index contributed by atoms with van der Waals surface area (Å²) in [4.78, 5) is 25.1. The van der Waals surface area contributed by atoms with Gasteiger partial charge in [0.05, 0.1) is 17.0 Å². The topological polar surface area (TPSA) is 82.8 Å². The van der Waals surface area contributed by atoms with Crippen LogP contribution in [-0.4, -0.2) is 39.9 Å². The number of carboxylic acid groups (broad SMARTS) is 1. The zero-order valence-electron chi connectivity index (χ0n) is 13.2. The second-order valence-corrected chi connectivity index (χ2v) is 6.62. The highest BCUT2D eigenvalue weighted by atomic mass is 19.1. The summed E-state index contributed by atoms with van der Waals surface area (Å²) in [6, 6.07) is 0.810. The van der Waals surface area contributed by atoms with Crippen LogP contribution in [0.5, 0.6) is 0 Å². The molecule has 2 heterocycles. The third kappa shape index (κ3) is 2.48. The van der Waals surface area contributed by atoms with Crippen molar-refractivity contribution in [1.82, 2.24) is 4.57 Å². The van der Waals surface area contributed by atoms with Crippen molar-refractivity contribution in [1.29, 1.82) is 0 Å². The van der Waals surface area contributed by atoms with Gasteiger partial charge in [-0.15, -0.1) is 0 Å². The van der Waals surface area contributed by atoms with E-state index in [-0.39, 0.29) is 29.2 Å². The number of pyridine rings is 1. The SMILES string of the molecule is O=C(O)c1cn(C2CC2)c2c(F)c(N3CCC(O)C3)c(F)cc2c1=O. The minimum Gasteiger partial charge on any atom is -0.477 e. The van der Waals surface area contributed by atoms with Crippen LogP contribution in [0.15, 0.2) is 17.1 Å². The van der Waals surface area contributed by atoms with Crippen molar-refractivity contribution in [3.8, 4) is 0 Å². The summed E-state index contributed by atoms with van der Waals surface area (Å²) >= 11 is 0. The predicted molar refractivity (Wildman–Crippen MR) is 86.2 cm³/mol. The first-order valence-electron chi connectivity index (χ1n) is 8.11. The second-order valence-electron chi connectivity index (χ2n) is 6.62. The van der Waals surface area contributed by atoms with E-state index in [0.717, 1.165) is 25.1 Å². The molecule has 1 unspecified atom stereocenters. The van der Waals surface area contributed by atoms with Gasteiger partial charge in [-0.3, -0.25) is 4.79 Å². The molecule has 0 amide bonds. The Morgan fingerprint density at radius 3 is 2.52 bits per heavy atom. The molecular weight excluding hydrogens is 334 g/mol. The van der Waals surface area contributed by atoms with Gasteiger partial charge in [-0.1, -0.05) is 0 Å². The molecule has 2 N–H and O–H groups in total. The number of carbonyl (C=O) groups is 1. The van der Waals surface area contributed by atoms with Gasteiger partial charge in [0.1, 0.15) is 17.1 Å². The highest BCUT2D eigenvalue weighted by Gasteiger charge is 2.32. The van der Waals surface area contributed by atoms with Crippen LogP contribution >= 0.6 is 0 Å². The summed E-state index contributed by atoms with van der Waals surface area (Å²) in [5.41, 5.74) is -1.75. The number of anilines is 1. The van der Waals surface area contributed by atoms with E-state index in [0.29, 0.717) is 13.0 Å². The van der Waals surface area contributed by atoms with Gasteiger partial charge >= 0.3 is 5.97 Å². The minimum atomic E-state index is -1.42. The van der Waals surface area contributed by atoms with Gasteiger partial charge in [0.25, 0.3) is 0 Å². The third-order valence-corrected chi connectivity index (χ3v) is 4.83. The zero-order chi connectivity index (χ0) is 17.9. The maximum absolute atomic E-state index is 15.2. The van der Waals surface area contributed by atoms with E-state index >= 15 is 4.39 Å². The Balaban J connectivity index is 2.03. The number of hydrogen-bond acceptors (Lipinski definition) is 4. The van der Waals surface area contributed by atoms with E-state index in [1.807, 2.05) is 0 Å². The van der Waals surface area contributed by atoms with E-state index in [4.69, 9.17) is 0 Å². The Hall–Kier alpha value is -2.48. The van der Waals surface area contributed by atoms with Crippen LogP contribution in [0.1, 0.15) is 35.7 Å². The smallest absolute Gasteiger partial charge is 0.341 e. The lowest BCUT2D eigenvalue weighted by molar-refractivity contribution is 0.0694. The zero-order valence-corrected chi connectivity index (χ0v) is 13.2. The molecule has 1 atom stereocenters.